The standard InChI is InChI=1S/C23H22N4O2S/c1-2-3-12-29-16-10-8-15(9-11-16)17-13-21(28)26-22-18(17)14-24-27(22)23-25-19-6-4-5-7-20(19)30-23/h4-11,14,17H,2-3,12-13H2,1H3,(H,26,28)/t17-/m0/s1. The van der Waals surface area contributed by atoms with Gasteiger partial charge in [0, 0.05) is 17.9 Å². The maximum atomic E-state index is 12.5. The monoisotopic (exact) mass is 418 g/mol. The Morgan fingerprint density at radius 3 is 2.83 bits per heavy atom. The molecule has 0 unspecified atom stereocenters. The largest absolute Gasteiger partial charge is 0.494 e. The van der Waals surface area contributed by atoms with E-state index >= 15 is 0 Å². The molecule has 1 atom stereocenters. The summed E-state index contributed by atoms with van der Waals surface area (Å²) in [6, 6.07) is 16.0. The van der Waals surface area contributed by atoms with E-state index in [1.54, 1.807) is 16.0 Å². The third kappa shape index (κ3) is 3.45. The van der Waals surface area contributed by atoms with Gasteiger partial charge in [0.15, 0.2) is 0 Å². The number of amides is 1. The molecule has 7 heteroatoms. The number of nitrogens with one attached hydrogen (secondary N) is 1. The van der Waals surface area contributed by atoms with Crippen LogP contribution >= 0.6 is 11.3 Å². The summed E-state index contributed by atoms with van der Waals surface area (Å²) in [4.78, 5) is 17.2. The Morgan fingerprint density at radius 2 is 2.03 bits per heavy atom. The van der Waals surface area contributed by atoms with E-state index in [2.05, 4.69) is 22.3 Å². The van der Waals surface area contributed by atoms with Gasteiger partial charge < -0.3 is 10.1 Å². The molecule has 30 heavy (non-hydrogen) atoms. The van der Waals surface area contributed by atoms with E-state index < -0.39 is 0 Å². The van der Waals surface area contributed by atoms with Gasteiger partial charge in [0.1, 0.15) is 11.6 Å². The van der Waals surface area contributed by atoms with Crippen LogP contribution in [-0.4, -0.2) is 27.3 Å². The molecule has 1 aliphatic rings. The van der Waals surface area contributed by atoms with Gasteiger partial charge in [-0.1, -0.05) is 48.9 Å². The molecule has 2 aromatic heterocycles. The van der Waals surface area contributed by atoms with E-state index in [4.69, 9.17) is 4.74 Å². The Bertz CT molecular complexity index is 1160. The highest BCUT2D eigenvalue weighted by atomic mass is 32.1. The van der Waals surface area contributed by atoms with Crippen molar-refractivity contribution in [2.75, 3.05) is 11.9 Å². The highest BCUT2D eigenvalue weighted by Gasteiger charge is 2.31. The second-order valence-electron chi connectivity index (χ2n) is 7.40. The van der Waals surface area contributed by atoms with Gasteiger partial charge in [-0.3, -0.25) is 4.79 Å². The summed E-state index contributed by atoms with van der Waals surface area (Å²) in [6.45, 7) is 2.87. The normalized spacial score (nSPS) is 15.8. The fourth-order valence-electron chi connectivity index (χ4n) is 3.74. The highest BCUT2D eigenvalue weighted by Crippen LogP contribution is 2.39. The number of para-hydroxylation sites is 1. The number of anilines is 1. The fraction of sp³-hybridized carbons (Fsp3) is 0.261. The first-order chi connectivity index (χ1) is 14.7. The van der Waals surface area contributed by atoms with Gasteiger partial charge in [-0.15, -0.1) is 0 Å². The van der Waals surface area contributed by atoms with Crippen molar-refractivity contribution in [1.29, 1.82) is 0 Å². The first-order valence-corrected chi connectivity index (χ1v) is 11.0. The number of ether oxygens (including phenoxy) is 1. The summed E-state index contributed by atoms with van der Waals surface area (Å²) < 4.78 is 8.60. The van der Waals surface area contributed by atoms with E-state index in [1.165, 1.54) is 0 Å². The molecule has 2 aromatic carbocycles. The molecule has 0 saturated heterocycles. The van der Waals surface area contributed by atoms with Crippen LogP contribution in [0.25, 0.3) is 15.3 Å². The summed E-state index contributed by atoms with van der Waals surface area (Å²) in [5, 5.41) is 8.31. The van der Waals surface area contributed by atoms with Crippen LogP contribution in [0.2, 0.25) is 0 Å². The molecule has 0 spiro atoms. The molecule has 1 amide bonds. The molecule has 5 rings (SSSR count). The van der Waals surface area contributed by atoms with Gasteiger partial charge in [-0.05, 0) is 36.2 Å². The lowest BCUT2D eigenvalue weighted by Gasteiger charge is -2.23. The lowest BCUT2D eigenvalue weighted by molar-refractivity contribution is -0.116. The maximum absolute atomic E-state index is 12.5. The third-order valence-electron chi connectivity index (χ3n) is 5.33. The lowest BCUT2D eigenvalue weighted by atomic mass is 9.87. The number of aromatic nitrogens is 3. The molecule has 4 aromatic rings. The summed E-state index contributed by atoms with van der Waals surface area (Å²) in [5.41, 5.74) is 3.02. The summed E-state index contributed by atoms with van der Waals surface area (Å²) in [5.74, 6) is 1.51. The minimum atomic E-state index is -0.0402. The number of carbonyl (C=O) groups is 1. The van der Waals surface area contributed by atoms with Crippen molar-refractivity contribution in [2.45, 2.75) is 32.1 Å². The van der Waals surface area contributed by atoms with Crippen LogP contribution in [-0.2, 0) is 4.79 Å². The van der Waals surface area contributed by atoms with E-state index in [1.807, 2.05) is 54.7 Å². The minimum Gasteiger partial charge on any atom is -0.494 e. The smallest absolute Gasteiger partial charge is 0.226 e. The number of carbonyl (C=O) groups excluding carboxylic acids is 1. The number of nitrogens with zero attached hydrogens (tertiary/aromatic N) is 3. The molecular formula is C23H22N4O2S. The van der Waals surface area contributed by atoms with Gasteiger partial charge in [0.05, 0.1) is 23.0 Å². The molecule has 6 nitrogen and oxygen atoms in total. The summed E-state index contributed by atoms with van der Waals surface area (Å²) in [6.07, 6.45) is 4.39. The van der Waals surface area contributed by atoms with Gasteiger partial charge in [-0.25, -0.2) is 4.98 Å². The second kappa shape index (κ2) is 7.91. The van der Waals surface area contributed by atoms with Gasteiger partial charge >= 0.3 is 0 Å². The number of benzene rings is 2. The van der Waals surface area contributed by atoms with Crippen LogP contribution in [0.4, 0.5) is 5.82 Å². The molecule has 0 radical (unpaired) electrons. The van der Waals surface area contributed by atoms with Gasteiger partial charge in [-0.2, -0.15) is 9.78 Å². The average molecular weight is 419 g/mol. The van der Waals surface area contributed by atoms with Crippen LogP contribution in [0.1, 0.15) is 43.2 Å². The van der Waals surface area contributed by atoms with Gasteiger partial charge in [0.2, 0.25) is 11.0 Å². The SMILES string of the molecule is CCCCOc1ccc([C@@H]2CC(=O)Nc3c2cnn3-c2nc3ccccc3s2)cc1. The van der Waals surface area contributed by atoms with Crippen molar-refractivity contribution in [3.8, 4) is 10.9 Å². The molecule has 0 saturated carbocycles. The van der Waals surface area contributed by atoms with Crippen LogP contribution < -0.4 is 10.1 Å². The second-order valence-corrected chi connectivity index (χ2v) is 8.41. The van der Waals surface area contributed by atoms with Crippen molar-refractivity contribution in [1.82, 2.24) is 14.8 Å². The number of hydrogen-bond acceptors (Lipinski definition) is 5. The number of hydrogen-bond donors (Lipinski definition) is 1. The minimum absolute atomic E-state index is 0.0152. The average Bonchev–Trinajstić information content (AvgIpc) is 3.37. The quantitative estimate of drug-likeness (QED) is 0.441. The van der Waals surface area contributed by atoms with Gasteiger partial charge in [0.25, 0.3) is 0 Å². The Kier molecular flexibility index (Phi) is 4.96. The zero-order chi connectivity index (χ0) is 20.5. The molecule has 3 heterocycles. The third-order valence-corrected chi connectivity index (χ3v) is 6.35. The molecule has 1 aliphatic heterocycles. The van der Waals surface area contributed by atoms with Crippen molar-refractivity contribution in [3.63, 3.8) is 0 Å². The van der Waals surface area contributed by atoms with Crippen molar-refractivity contribution in [3.05, 3.63) is 65.9 Å². The Balaban J connectivity index is 1.47. The number of fused-ring (bicyclic) bond motifs is 2. The number of thiazole rings is 1. The zero-order valence-corrected chi connectivity index (χ0v) is 17.5. The molecule has 0 aliphatic carbocycles. The Morgan fingerprint density at radius 1 is 1.20 bits per heavy atom. The van der Waals surface area contributed by atoms with Crippen LogP contribution in [0, 0.1) is 0 Å². The van der Waals surface area contributed by atoms with E-state index in [0.29, 0.717) is 12.2 Å². The van der Waals surface area contributed by atoms with E-state index in [0.717, 1.165) is 51.7 Å². The summed E-state index contributed by atoms with van der Waals surface area (Å²) >= 11 is 1.56. The highest BCUT2D eigenvalue weighted by molar-refractivity contribution is 7.20. The predicted molar refractivity (Wildman–Crippen MR) is 119 cm³/mol. The van der Waals surface area contributed by atoms with Crippen LogP contribution in [0.3, 0.4) is 0 Å². The Hall–Kier alpha value is -3.19. The first-order valence-electron chi connectivity index (χ1n) is 10.2. The van der Waals surface area contributed by atoms with Crippen molar-refractivity contribution >= 4 is 33.3 Å². The first kappa shape index (κ1) is 18.8. The van der Waals surface area contributed by atoms with Crippen LogP contribution in [0.15, 0.2) is 54.7 Å². The topological polar surface area (TPSA) is 69.0 Å². The number of unbranched alkanes of at least 4 members (excludes halogenated alkanes) is 1. The lowest BCUT2D eigenvalue weighted by Crippen LogP contribution is -2.24. The molecule has 1 N–H and O–H groups in total. The van der Waals surface area contributed by atoms with E-state index in [9.17, 15) is 4.79 Å². The molecule has 0 bridgehead atoms. The van der Waals surface area contributed by atoms with Crippen molar-refractivity contribution < 1.29 is 9.53 Å². The van der Waals surface area contributed by atoms with E-state index in [-0.39, 0.29) is 11.8 Å². The predicted octanol–water partition coefficient (Wildman–Crippen LogP) is 5.14. The molecular weight excluding hydrogens is 396 g/mol. The number of rotatable bonds is 6. The van der Waals surface area contributed by atoms with Crippen molar-refractivity contribution in [2.24, 2.45) is 0 Å². The summed E-state index contributed by atoms with van der Waals surface area (Å²) in [7, 11) is 0. The molecule has 0 fully saturated rings. The maximum Gasteiger partial charge on any atom is 0.226 e. The Labute approximate surface area is 178 Å². The fourth-order valence-corrected chi connectivity index (χ4v) is 4.67. The molecule has 152 valence electrons. The zero-order valence-electron chi connectivity index (χ0n) is 16.7. The van der Waals surface area contributed by atoms with Crippen LogP contribution in [0.5, 0.6) is 5.75 Å².